The van der Waals surface area contributed by atoms with Gasteiger partial charge in [0.05, 0.1) is 10.0 Å². The Hall–Kier alpha value is -0.130. The summed E-state index contributed by atoms with van der Waals surface area (Å²) in [5.74, 6) is 2.99. The number of hydrogen-bond acceptors (Lipinski definition) is 4. The molecule has 0 spiro atoms. The maximum Gasteiger partial charge on any atom is 0.121 e. The molecule has 112 valence electrons. The van der Waals surface area contributed by atoms with Crippen molar-refractivity contribution in [2.75, 3.05) is 24.7 Å². The number of nitrogens with one attached hydrogen (secondary N) is 1. The van der Waals surface area contributed by atoms with Crippen molar-refractivity contribution in [3.8, 4) is 5.75 Å². The molecule has 0 bridgehead atoms. The highest BCUT2D eigenvalue weighted by Crippen LogP contribution is 2.26. The molecular formula is C14H19Cl2NO2S. The Balaban J connectivity index is 1.68. The molecule has 2 atom stereocenters. The van der Waals surface area contributed by atoms with Crippen molar-refractivity contribution in [2.45, 2.75) is 25.0 Å². The molecule has 1 aromatic rings. The summed E-state index contributed by atoms with van der Waals surface area (Å²) in [7, 11) is 0. The summed E-state index contributed by atoms with van der Waals surface area (Å²) >= 11 is 13.7. The Morgan fingerprint density at radius 3 is 2.95 bits per heavy atom. The highest BCUT2D eigenvalue weighted by molar-refractivity contribution is 7.99. The van der Waals surface area contributed by atoms with E-state index in [1.807, 2.05) is 11.8 Å². The summed E-state index contributed by atoms with van der Waals surface area (Å²) in [6, 6.07) is 5.59. The fourth-order valence-corrected chi connectivity index (χ4v) is 3.42. The first-order valence-corrected chi connectivity index (χ1v) is 8.63. The molecule has 1 aromatic carbocycles. The van der Waals surface area contributed by atoms with Crippen LogP contribution in [-0.4, -0.2) is 41.9 Å². The van der Waals surface area contributed by atoms with E-state index in [0.29, 0.717) is 28.4 Å². The largest absolute Gasteiger partial charge is 0.491 e. The number of rotatable bonds is 6. The fraction of sp³-hybridized carbons (Fsp3) is 0.571. The van der Waals surface area contributed by atoms with Crippen molar-refractivity contribution >= 4 is 35.0 Å². The van der Waals surface area contributed by atoms with Crippen molar-refractivity contribution in [1.29, 1.82) is 0 Å². The molecule has 0 saturated carbocycles. The number of thioether (sulfide) groups is 1. The first-order chi connectivity index (χ1) is 9.65. The van der Waals surface area contributed by atoms with Crippen LogP contribution < -0.4 is 10.1 Å². The van der Waals surface area contributed by atoms with Crippen LogP contribution in [0.1, 0.15) is 12.8 Å². The van der Waals surface area contributed by atoms with Gasteiger partial charge in [0, 0.05) is 24.4 Å². The third-order valence-corrected chi connectivity index (χ3v) is 5.09. The minimum Gasteiger partial charge on any atom is -0.491 e. The van der Waals surface area contributed by atoms with Crippen LogP contribution in [0.2, 0.25) is 10.0 Å². The van der Waals surface area contributed by atoms with Gasteiger partial charge < -0.3 is 15.2 Å². The highest BCUT2D eigenvalue weighted by Gasteiger charge is 2.15. The molecule has 1 fully saturated rings. The molecule has 6 heteroatoms. The van der Waals surface area contributed by atoms with Gasteiger partial charge in [-0.15, -0.1) is 0 Å². The van der Waals surface area contributed by atoms with Crippen LogP contribution in [0.5, 0.6) is 5.75 Å². The van der Waals surface area contributed by atoms with Gasteiger partial charge in [-0.3, -0.25) is 0 Å². The van der Waals surface area contributed by atoms with Crippen LogP contribution >= 0.6 is 35.0 Å². The summed E-state index contributed by atoms with van der Waals surface area (Å²) in [5.41, 5.74) is 0. The van der Waals surface area contributed by atoms with E-state index in [-0.39, 0.29) is 6.61 Å². The zero-order valence-corrected chi connectivity index (χ0v) is 13.5. The van der Waals surface area contributed by atoms with E-state index in [9.17, 15) is 5.11 Å². The van der Waals surface area contributed by atoms with E-state index in [4.69, 9.17) is 27.9 Å². The smallest absolute Gasteiger partial charge is 0.121 e. The summed E-state index contributed by atoms with van der Waals surface area (Å²) in [4.78, 5) is 0. The molecule has 2 rings (SSSR count). The van der Waals surface area contributed by atoms with Crippen molar-refractivity contribution in [1.82, 2.24) is 5.32 Å². The topological polar surface area (TPSA) is 41.5 Å². The zero-order chi connectivity index (χ0) is 14.4. The summed E-state index contributed by atoms with van der Waals surface area (Å²) in [5, 5.41) is 14.2. The second-order valence-electron chi connectivity index (χ2n) is 4.86. The van der Waals surface area contributed by atoms with E-state index in [0.717, 1.165) is 5.75 Å². The molecule has 0 aliphatic carbocycles. The van der Waals surface area contributed by atoms with Crippen molar-refractivity contribution in [3.63, 3.8) is 0 Å². The molecule has 3 nitrogen and oxygen atoms in total. The minimum atomic E-state index is -0.531. The molecule has 1 aliphatic heterocycles. The van der Waals surface area contributed by atoms with Gasteiger partial charge in [0.1, 0.15) is 18.5 Å². The fourth-order valence-electron chi connectivity index (χ4n) is 2.02. The Kier molecular flexibility index (Phi) is 6.78. The van der Waals surface area contributed by atoms with E-state index < -0.39 is 6.10 Å². The maximum atomic E-state index is 9.91. The van der Waals surface area contributed by atoms with Crippen LogP contribution in [-0.2, 0) is 0 Å². The lowest BCUT2D eigenvalue weighted by molar-refractivity contribution is 0.104. The number of aliphatic hydroxyl groups excluding tert-OH is 1. The normalized spacial score (nSPS) is 20.6. The molecule has 0 radical (unpaired) electrons. The van der Waals surface area contributed by atoms with Gasteiger partial charge in [0.2, 0.25) is 0 Å². The van der Waals surface area contributed by atoms with Crippen LogP contribution in [0.3, 0.4) is 0 Å². The third kappa shape index (κ3) is 5.34. The lowest BCUT2D eigenvalue weighted by atomic mass is 10.2. The third-order valence-electron chi connectivity index (χ3n) is 3.14. The van der Waals surface area contributed by atoms with Crippen LogP contribution in [0, 0.1) is 0 Å². The average molecular weight is 336 g/mol. The van der Waals surface area contributed by atoms with Gasteiger partial charge in [-0.2, -0.15) is 11.8 Å². The molecule has 1 aliphatic rings. The predicted octanol–water partition coefficient (Wildman–Crippen LogP) is 3.22. The lowest BCUT2D eigenvalue weighted by Gasteiger charge is -2.24. The van der Waals surface area contributed by atoms with Gasteiger partial charge in [0.15, 0.2) is 0 Å². The Labute approximate surface area is 134 Å². The van der Waals surface area contributed by atoms with Crippen LogP contribution in [0.15, 0.2) is 18.2 Å². The molecule has 2 unspecified atom stereocenters. The second-order valence-corrected chi connectivity index (χ2v) is 6.83. The van der Waals surface area contributed by atoms with Crippen molar-refractivity contribution in [2.24, 2.45) is 0 Å². The van der Waals surface area contributed by atoms with Gasteiger partial charge >= 0.3 is 0 Å². The maximum absolute atomic E-state index is 9.91. The number of ether oxygens (including phenoxy) is 1. The van der Waals surface area contributed by atoms with E-state index in [1.54, 1.807) is 18.2 Å². The molecule has 1 saturated heterocycles. The Morgan fingerprint density at radius 1 is 1.40 bits per heavy atom. The second kappa shape index (κ2) is 8.35. The van der Waals surface area contributed by atoms with Gasteiger partial charge in [0.25, 0.3) is 0 Å². The SMILES string of the molecule is OC(CNC1CCCSC1)COc1ccc(Cl)c(Cl)c1. The summed E-state index contributed by atoms with van der Waals surface area (Å²) < 4.78 is 5.51. The van der Waals surface area contributed by atoms with Crippen molar-refractivity contribution in [3.05, 3.63) is 28.2 Å². The quantitative estimate of drug-likeness (QED) is 0.837. The number of aliphatic hydroxyl groups is 1. The molecule has 0 amide bonds. The Morgan fingerprint density at radius 2 is 2.25 bits per heavy atom. The first kappa shape index (κ1) is 16.2. The van der Waals surface area contributed by atoms with Gasteiger partial charge in [-0.1, -0.05) is 23.2 Å². The van der Waals surface area contributed by atoms with E-state index in [2.05, 4.69) is 5.32 Å². The van der Waals surface area contributed by atoms with Crippen molar-refractivity contribution < 1.29 is 9.84 Å². The predicted molar refractivity (Wildman–Crippen MR) is 86.3 cm³/mol. The lowest BCUT2D eigenvalue weighted by Crippen LogP contribution is -2.40. The number of hydrogen-bond donors (Lipinski definition) is 2. The molecular weight excluding hydrogens is 317 g/mol. The summed E-state index contributed by atoms with van der Waals surface area (Å²) in [6.45, 7) is 0.789. The standard InChI is InChI=1S/C14H19Cl2NO2S/c15-13-4-3-12(6-14(13)16)19-8-11(18)7-17-10-2-1-5-20-9-10/h3-4,6,10-11,17-18H,1-2,5,7-9H2. The van der Waals surface area contributed by atoms with Gasteiger partial charge in [-0.25, -0.2) is 0 Å². The molecule has 1 heterocycles. The monoisotopic (exact) mass is 335 g/mol. The zero-order valence-electron chi connectivity index (χ0n) is 11.1. The Bertz CT molecular complexity index is 428. The first-order valence-electron chi connectivity index (χ1n) is 6.72. The number of benzene rings is 1. The molecule has 2 N–H and O–H groups in total. The van der Waals surface area contributed by atoms with Crippen LogP contribution in [0.4, 0.5) is 0 Å². The molecule has 20 heavy (non-hydrogen) atoms. The average Bonchev–Trinajstić information content (AvgIpc) is 2.47. The number of halogens is 2. The molecule has 0 aromatic heterocycles. The van der Waals surface area contributed by atoms with E-state index >= 15 is 0 Å². The van der Waals surface area contributed by atoms with E-state index in [1.165, 1.54) is 18.6 Å². The minimum absolute atomic E-state index is 0.241. The summed E-state index contributed by atoms with van der Waals surface area (Å²) in [6.07, 6.45) is 1.90. The van der Waals surface area contributed by atoms with Crippen LogP contribution in [0.25, 0.3) is 0 Å². The van der Waals surface area contributed by atoms with Gasteiger partial charge in [-0.05, 0) is 30.7 Å². The highest BCUT2D eigenvalue weighted by atomic mass is 35.5.